The maximum atomic E-state index is 11.2. The minimum Gasteiger partial charge on any atom is -0.411 e. The van der Waals surface area contributed by atoms with E-state index in [1.165, 1.54) is 25.7 Å². The highest BCUT2D eigenvalue weighted by Crippen LogP contribution is 2.02. The molecule has 0 rings (SSSR count). The van der Waals surface area contributed by atoms with Crippen molar-refractivity contribution < 1.29 is 10.0 Å². The summed E-state index contributed by atoms with van der Waals surface area (Å²) in [6, 6.07) is 0. The Morgan fingerprint density at radius 1 is 1.10 bits per heavy atom. The van der Waals surface area contributed by atoms with Crippen LogP contribution >= 0.6 is 0 Å². The number of carbonyl (C=O) groups excluding carboxylic acids is 1. The molecule has 0 spiro atoms. The van der Waals surface area contributed by atoms with Crippen LogP contribution in [0.25, 0.3) is 0 Å². The monoisotopic (exact) mass is 300 g/mol. The summed E-state index contributed by atoms with van der Waals surface area (Å²) in [5.41, 5.74) is 0. The minimum absolute atomic E-state index is 0.350. The Morgan fingerprint density at radius 2 is 1.81 bits per heavy atom. The smallest absolute Gasteiger partial charge is 0.265 e. The van der Waals surface area contributed by atoms with E-state index in [2.05, 4.69) is 41.3 Å². The molecule has 0 aromatic rings. The maximum absolute atomic E-state index is 11.2. The van der Waals surface area contributed by atoms with Gasteiger partial charge in [0, 0.05) is 13.1 Å². The van der Waals surface area contributed by atoms with Crippen LogP contribution in [0.4, 0.5) is 0 Å². The molecule has 21 heavy (non-hydrogen) atoms. The van der Waals surface area contributed by atoms with Crippen molar-refractivity contribution >= 4 is 12.1 Å². The van der Waals surface area contributed by atoms with Gasteiger partial charge in [0.25, 0.3) is 5.91 Å². The second-order valence-electron chi connectivity index (χ2n) is 5.59. The first-order valence-electron chi connectivity index (χ1n) is 7.92. The Balaban J connectivity index is 3.95. The number of oxime groups is 1. The second-order valence-corrected chi connectivity index (χ2v) is 5.59. The highest BCUT2D eigenvalue weighted by Gasteiger charge is 2.06. The molecule has 0 unspecified atom stereocenters. The number of carbonyl (C=O) groups is 1. The van der Waals surface area contributed by atoms with Crippen molar-refractivity contribution in [2.24, 2.45) is 5.16 Å². The van der Waals surface area contributed by atoms with Gasteiger partial charge in [-0.05, 0) is 46.6 Å². The average Bonchev–Trinajstić information content (AvgIpc) is 2.43. The van der Waals surface area contributed by atoms with Crippen LogP contribution in [0.1, 0.15) is 39.0 Å². The van der Waals surface area contributed by atoms with Gasteiger partial charge in [-0.2, -0.15) is 0 Å². The minimum atomic E-state index is -0.350. The Kier molecular flexibility index (Phi) is 13.1. The molecule has 0 aliphatic carbocycles. The van der Waals surface area contributed by atoms with Crippen LogP contribution < -0.4 is 5.32 Å². The summed E-state index contributed by atoms with van der Waals surface area (Å²) in [7, 11) is 4.17. The van der Waals surface area contributed by atoms with Crippen molar-refractivity contribution in [2.45, 2.75) is 39.0 Å². The second kappa shape index (κ2) is 13.8. The van der Waals surface area contributed by atoms with Gasteiger partial charge in [-0.1, -0.05) is 31.3 Å². The van der Waals surface area contributed by atoms with Crippen LogP contribution in [0.3, 0.4) is 0 Å². The largest absolute Gasteiger partial charge is 0.411 e. The zero-order valence-electron chi connectivity index (χ0n) is 13.8. The fraction of sp³-hybridized carbons (Fsp3) is 0.867. The van der Waals surface area contributed by atoms with Gasteiger partial charge in [-0.3, -0.25) is 4.79 Å². The summed E-state index contributed by atoms with van der Waals surface area (Å²) in [6.45, 7) is 6.85. The third kappa shape index (κ3) is 13.6. The Labute approximate surface area is 129 Å². The number of amides is 1. The van der Waals surface area contributed by atoms with E-state index in [4.69, 9.17) is 5.21 Å². The van der Waals surface area contributed by atoms with E-state index in [1.807, 2.05) is 0 Å². The lowest BCUT2D eigenvalue weighted by Crippen LogP contribution is -2.37. The first-order valence-corrected chi connectivity index (χ1v) is 7.92. The van der Waals surface area contributed by atoms with Crippen molar-refractivity contribution in [1.82, 2.24) is 15.1 Å². The zero-order valence-corrected chi connectivity index (χ0v) is 13.8. The molecule has 124 valence electrons. The van der Waals surface area contributed by atoms with E-state index in [0.29, 0.717) is 6.54 Å². The topological polar surface area (TPSA) is 68.2 Å². The van der Waals surface area contributed by atoms with Crippen LogP contribution in [-0.2, 0) is 4.79 Å². The van der Waals surface area contributed by atoms with Crippen LogP contribution in [0.15, 0.2) is 5.16 Å². The molecule has 0 saturated heterocycles. The summed E-state index contributed by atoms with van der Waals surface area (Å²) in [5, 5.41) is 13.7. The number of unbranched alkanes of at least 4 members (excludes halogenated alkanes) is 3. The van der Waals surface area contributed by atoms with Gasteiger partial charge >= 0.3 is 0 Å². The van der Waals surface area contributed by atoms with Crippen LogP contribution in [0.2, 0.25) is 0 Å². The maximum Gasteiger partial charge on any atom is 0.265 e. The summed E-state index contributed by atoms with van der Waals surface area (Å²) in [6.07, 6.45) is 7.03. The van der Waals surface area contributed by atoms with Crippen molar-refractivity contribution in [2.75, 3.05) is 46.8 Å². The third-order valence-electron chi connectivity index (χ3n) is 3.31. The van der Waals surface area contributed by atoms with E-state index in [1.54, 1.807) is 0 Å². The Bertz CT molecular complexity index is 283. The van der Waals surface area contributed by atoms with Gasteiger partial charge < -0.3 is 20.3 Å². The molecule has 0 aromatic carbocycles. The van der Waals surface area contributed by atoms with E-state index in [0.717, 1.165) is 38.8 Å². The van der Waals surface area contributed by atoms with Crippen molar-refractivity contribution in [3.8, 4) is 0 Å². The zero-order chi connectivity index (χ0) is 15.9. The molecular weight excluding hydrogens is 268 g/mol. The molecule has 0 radical (unpaired) electrons. The molecule has 6 nitrogen and oxygen atoms in total. The molecule has 0 saturated carbocycles. The van der Waals surface area contributed by atoms with Crippen molar-refractivity contribution in [3.63, 3.8) is 0 Å². The molecule has 0 aromatic heterocycles. The van der Waals surface area contributed by atoms with Gasteiger partial charge in [-0.25, -0.2) is 0 Å². The average molecular weight is 300 g/mol. The van der Waals surface area contributed by atoms with E-state index in [-0.39, 0.29) is 5.91 Å². The van der Waals surface area contributed by atoms with Crippen LogP contribution in [0, 0.1) is 0 Å². The van der Waals surface area contributed by atoms with E-state index < -0.39 is 0 Å². The van der Waals surface area contributed by atoms with Crippen molar-refractivity contribution in [3.05, 3.63) is 0 Å². The molecule has 1 amide bonds. The van der Waals surface area contributed by atoms with Crippen molar-refractivity contribution in [1.29, 1.82) is 0 Å². The molecular formula is C15H32N4O2. The summed E-state index contributed by atoms with van der Waals surface area (Å²) in [4.78, 5) is 15.8. The number of nitrogens with zero attached hydrogens (tertiary/aromatic N) is 3. The molecule has 0 aliphatic rings. The lowest BCUT2D eigenvalue weighted by Gasteiger charge is -2.23. The quantitative estimate of drug-likeness (QED) is 0.233. The fourth-order valence-electron chi connectivity index (χ4n) is 2.14. The summed E-state index contributed by atoms with van der Waals surface area (Å²) >= 11 is 0. The normalized spacial score (nSPS) is 11.7. The molecule has 0 heterocycles. The van der Waals surface area contributed by atoms with E-state index >= 15 is 0 Å². The SMILES string of the molecule is CCCCCCN(CCCN(C)C)CCNC(=O)/C=N\O. The molecule has 0 atom stereocenters. The summed E-state index contributed by atoms with van der Waals surface area (Å²) < 4.78 is 0. The lowest BCUT2D eigenvalue weighted by atomic mass is 10.2. The van der Waals surface area contributed by atoms with Gasteiger partial charge in [0.05, 0.1) is 0 Å². The highest BCUT2D eigenvalue weighted by molar-refractivity contribution is 6.25. The van der Waals surface area contributed by atoms with Gasteiger partial charge in [0.15, 0.2) is 0 Å². The number of rotatable bonds is 13. The van der Waals surface area contributed by atoms with Gasteiger partial charge in [-0.15, -0.1) is 0 Å². The van der Waals surface area contributed by atoms with Gasteiger partial charge in [0.1, 0.15) is 6.21 Å². The van der Waals surface area contributed by atoms with Crippen LogP contribution in [-0.4, -0.2) is 73.9 Å². The predicted octanol–water partition coefficient (Wildman–Crippen LogP) is 1.40. The van der Waals surface area contributed by atoms with Gasteiger partial charge in [0.2, 0.25) is 0 Å². The first kappa shape index (κ1) is 19.9. The number of hydrogen-bond acceptors (Lipinski definition) is 5. The lowest BCUT2D eigenvalue weighted by molar-refractivity contribution is -0.114. The van der Waals surface area contributed by atoms with Crippen LogP contribution in [0.5, 0.6) is 0 Å². The molecule has 0 fully saturated rings. The molecule has 2 N–H and O–H groups in total. The third-order valence-corrected chi connectivity index (χ3v) is 3.31. The standard InChI is InChI=1S/C15H32N4O2/c1-4-5-6-7-11-19(12-8-10-18(2)3)13-9-16-15(20)14-17-21/h14,21H,4-13H2,1-3H3,(H,16,20)/b17-14-. The predicted molar refractivity (Wildman–Crippen MR) is 87.0 cm³/mol. The molecule has 0 bridgehead atoms. The number of hydrogen-bond donors (Lipinski definition) is 2. The first-order chi connectivity index (χ1) is 10.1. The molecule has 6 heteroatoms. The highest BCUT2D eigenvalue weighted by atomic mass is 16.4. The summed E-state index contributed by atoms with van der Waals surface area (Å²) in [5.74, 6) is -0.350. The Morgan fingerprint density at radius 3 is 2.43 bits per heavy atom. The Hall–Kier alpha value is -1.14. The van der Waals surface area contributed by atoms with E-state index in [9.17, 15) is 4.79 Å². The fourth-order valence-corrected chi connectivity index (χ4v) is 2.14. The molecule has 0 aliphatic heterocycles. The number of nitrogens with one attached hydrogen (secondary N) is 1.